The highest BCUT2D eigenvalue weighted by atomic mass is 35.5. The lowest BCUT2D eigenvalue weighted by Gasteiger charge is -2.13. The van der Waals surface area contributed by atoms with E-state index in [1.165, 1.54) is 0 Å². The highest BCUT2D eigenvalue weighted by Crippen LogP contribution is 2.43. The van der Waals surface area contributed by atoms with Crippen molar-refractivity contribution in [2.45, 2.75) is 12.8 Å². The average Bonchev–Trinajstić information content (AvgIpc) is 3.28. The Kier molecular flexibility index (Phi) is 6.32. The molecule has 0 spiro atoms. The number of fused-ring (bicyclic) bond motifs is 3. The molecule has 2 aliphatic rings. The SMILES string of the molecule is OCCCOc1cc2cc3c(Nc4cccc(Cl)c4)[nH][nH]c-3c2cc1OCCCO. The van der Waals surface area contributed by atoms with E-state index in [2.05, 4.69) is 21.6 Å². The molecule has 7 nitrogen and oxygen atoms in total. The lowest BCUT2D eigenvalue weighted by molar-refractivity contribution is 0.211. The number of aromatic amines is 2. The third kappa shape index (κ3) is 4.33. The minimum atomic E-state index is 0.0632. The van der Waals surface area contributed by atoms with Crippen molar-refractivity contribution in [3.05, 3.63) is 47.5 Å². The fraction of sp³-hybridized carbons (Fsp3) is 0.273. The number of ether oxygens (including phenoxy) is 2. The van der Waals surface area contributed by atoms with Gasteiger partial charge in [0.2, 0.25) is 0 Å². The summed E-state index contributed by atoms with van der Waals surface area (Å²) in [6.07, 6.45) is 1.08. The number of nitrogens with one attached hydrogen (secondary N) is 3. The number of rotatable bonds is 10. The highest BCUT2D eigenvalue weighted by molar-refractivity contribution is 6.30. The first-order valence-electron chi connectivity index (χ1n) is 9.86. The van der Waals surface area contributed by atoms with Gasteiger partial charge in [0.25, 0.3) is 0 Å². The number of hydrogen-bond donors (Lipinski definition) is 5. The normalized spacial score (nSPS) is 11.3. The van der Waals surface area contributed by atoms with Crippen LogP contribution in [0.2, 0.25) is 5.02 Å². The van der Waals surface area contributed by atoms with Crippen LogP contribution < -0.4 is 14.8 Å². The molecule has 5 N–H and O–H groups in total. The van der Waals surface area contributed by atoms with Crippen molar-refractivity contribution in [1.82, 2.24) is 10.2 Å². The Morgan fingerprint density at radius 1 is 0.900 bits per heavy atom. The van der Waals surface area contributed by atoms with Gasteiger partial charge in [-0.3, -0.25) is 10.2 Å². The summed E-state index contributed by atoms with van der Waals surface area (Å²) in [4.78, 5) is 0. The molecule has 0 atom stereocenters. The molecule has 0 unspecified atom stereocenters. The van der Waals surface area contributed by atoms with Crippen molar-refractivity contribution in [3.8, 4) is 22.8 Å². The van der Waals surface area contributed by atoms with Crippen molar-refractivity contribution in [3.63, 3.8) is 0 Å². The summed E-state index contributed by atoms with van der Waals surface area (Å²) in [5.41, 5.74) is 2.83. The van der Waals surface area contributed by atoms with Crippen LogP contribution in [0.3, 0.4) is 0 Å². The molecule has 30 heavy (non-hydrogen) atoms. The van der Waals surface area contributed by atoms with Crippen LogP contribution >= 0.6 is 11.6 Å². The fourth-order valence-electron chi connectivity index (χ4n) is 3.34. The topological polar surface area (TPSA) is 103 Å². The van der Waals surface area contributed by atoms with E-state index in [-0.39, 0.29) is 13.2 Å². The van der Waals surface area contributed by atoms with Crippen LogP contribution in [0.25, 0.3) is 22.0 Å². The molecule has 8 heteroatoms. The zero-order valence-corrected chi connectivity index (χ0v) is 17.1. The number of anilines is 2. The van der Waals surface area contributed by atoms with Gasteiger partial charge in [0.15, 0.2) is 11.5 Å². The monoisotopic (exact) mass is 429 g/mol. The van der Waals surface area contributed by atoms with Gasteiger partial charge in [0.1, 0.15) is 5.82 Å². The Balaban J connectivity index is 1.67. The lowest BCUT2D eigenvalue weighted by Crippen LogP contribution is -2.04. The van der Waals surface area contributed by atoms with E-state index in [0.717, 1.165) is 33.5 Å². The van der Waals surface area contributed by atoms with E-state index < -0.39 is 0 Å². The molecule has 0 radical (unpaired) electrons. The van der Waals surface area contributed by atoms with Crippen LogP contribution in [0.15, 0.2) is 42.5 Å². The minimum Gasteiger partial charge on any atom is -0.490 e. The highest BCUT2D eigenvalue weighted by Gasteiger charge is 2.20. The molecule has 158 valence electrons. The summed E-state index contributed by atoms with van der Waals surface area (Å²) in [7, 11) is 0. The lowest BCUT2D eigenvalue weighted by atomic mass is 10.2. The van der Waals surface area contributed by atoms with E-state index in [0.29, 0.717) is 42.6 Å². The molecular weight excluding hydrogens is 406 g/mol. The minimum absolute atomic E-state index is 0.0632. The van der Waals surface area contributed by atoms with E-state index in [1.807, 2.05) is 36.4 Å². The quantitative estimate of drug-likeness (QED) is 0.238. The second-order valence-corrected chi connectivity index (χ2v) is 7.37. The van der Waals surface area contributed by atoms with Crippen LogP contribution in [-0.2, 0) is 0 Å². The molecule has 0 saturated heterocycles. The van der Waals surface area contributed by atoms with E-state index >= 15 is 0 Å². The van der Waals surface area contributed by atoms with Crippen molar-refractivity contribution < 1.29 is 19.7 Å². The second kappa shape index (κ2) is 9.30. The first-order chi connectivity index (χ1) is 14.7. The van der Waals surface area contributed by atoms with Gasteiger partial charge >= 0.3 is 0 Å². The summed E-state index contributed by atoms with van der Waals surface area (Å²) >= 11 is 6.09. The maximum atomic E-state index is 9.04. The number of aromatic nitrogens is 2. The molecule has 4 rings (SSSR count). The van der Waals surface area contributed by atoms with E-state index in [9.17, 15) is 0 Å². The van der Waals surface area contributed by atoms with Crippen molar-refractivity contribution >= 4 is 33.9 Å². The second-order valence-electron chi connectivity index (χ2n) is 6.93. The third-order valence-electron chi connectivity index (χ3n) is 4.75. The van der Waals surface area contributed by atoms with Gasteiger partial charge in [-0.1, -0.05) is 17.7 Å². The predicted molar refractivity (Wildman–Crippen MR) is 118 cm³/mol. The maximum absolute atomic E-state index is 9.04. The third-order valence-corrected chi connectivity index (χ3v) is 4.99. The summed E-state index contributed by atoms with van der Waals surface area (Å²) in [6, 6.07) is 13.5. The van der Waals surface area contributed by atoms with Gasteiger partial charge in [-0.15, -0.1) is 0 Å². The largest absolute Gasteiger partial charge is 0.490 e. The van der Waals surface area contributed by atoms with Gasteiger partial charge < -0.3 is 25.0 Å². The Labute approximate surface area is 178 Å². The molecule has 2 aromatic carbocycles. The Morgan fingerprint density at radius 3 is 2.33 bits per heavy atom. The van der Waals surface area contributed by atoms with Gasteiger partial charge in [0.05, 0.1) is 18.9 Å². The van der Waals surface area contributed by atoms with Crippen LogP contribution in [0.4, 0.5) is 11.5 Å². The number of aliphatic hydroxyl groups excluding tert-OH is 2. The van der Waals surface area contributed by atoms with E-state index in [1.54, 1.807) is 0 Å². The molecule has 1 heterocycles. The van der Waals surface area contributed by atoms with Crippen molar-refractivity contribution in [1.29, 1.82) is 0 Å². The first-order valence-corrected chi connectivity index (χ1v) is 10.2. The molecule has 1 aliphatic carbocycles. The molecule has 0 saturated carbocycles. The number of benzene rings is 2. The van der Waals surface area contributed by atoms with Crippen LogP contribution in [0, 0.1) is 0 Å². The number of hydrogen-bond acceptors (Lipinski definition) is 5. The summed E-state index contributed by atoms with van der Waals surface area (Å²) in [5, 5.41) is 30.5. The molecule has 0 amide bonds. The van der Waals surface area contributed by atoms with Gasteiger partial charge in [-0.25, -0.2) is 0 Å². The summed E-state index contributed by atoms with van der Waals surface area (Å²) in [6.45, 7) is 0.914. The summed E-state index contributed by atoms with van der Waals surface area (Å²) < 4.78 is 11.7. The Hall–Kier alpha value is -2.87. The molecule has 2 aromatic rings. The van der Waals surface area contributed by atoms with Gasteiger partial charge in [-0.2, -0.15) is 0 Å². The number of H-pyrrole nitrogens is 2. The van der Waals surface area contributed by atoms with Crippen molar-refractivity contribution in [2.24, 2.45) is 0 Å². The Bertz CT molecular complexity index is 1090. The summed E-state index contributed by atoms with van der Waals surface area (Å²) in [5.74, 6) is 2.06. The molecular formula is C22H24ClN3O4. The molecule has 0 bridgehead atoms. The van der Waals surface area contributed by atoms with Crippen LogP contribution in [0.5, 0.6) is 11.5 Å². The Morgan fingerprint density at radius 2 is 1.63 bits per heavy atom. The van der Waals surface area contributed by atoms with Crippen molar-refractivity contribution in [2.75, 3.05) is 31.7 Å². The maximum Gasteiger partial charge on any atom is 0.161 e. The molecule has 1 aliphatic heterocycles. The average molecular weight is 430 g/mol. The van der Waals surface area contributed by atoms with E-state index in [4.69, 9.17) is 31.3 Å². The standard InChI is InChI=1S/C22H24ClN3O4/c23-15-4-1-5-16(12-15)24-22-18-10-14-11-19(29-8-2-6-27)20(30-9-3-7-28)13-17(14)21(18)25-26-22/h1,4-5,10-13,24-28H,2-3,6-9H2. The van der Waals surface area contributed by atoms with Gasteiger partial charge in [-0.05, 0) is 41.8 Å². The van der Waals surface area contributed by atoms with Crippen LogP contribution in [-0.4, -0.2) is 46.8 Å². The first kappa shape index (κ1) is 20.4. The number of aliphatic hydroxyl groups is 2. The molecule has 0 aromatic heterocycles. The molecule has 0 fully saturated rings. The zero-order chi connectivity index (χ0) is 20.9. The zero-order valence-electron chi connectivity index (χ0n) is 16.4. The fourth-order valence-corrected chi connectivity index (χ4v) is 3.53. The van der Waals surface area contributed by atoms with Gasteiger partial charge in [0, 0.05) is 47.7 Å². The predicted octanol–water partition coefficient (Wildman–Crippen LogP) is 4.52. The number of halogens is 1. The van der Waals surface area contributed by atoms with Crippen LogP contribution in [0.1, 0.15) is 12.8 Å². The smallest absolute Gasteiger partial charge is 0.161 e.